The number of aliphatic hydroxyl groups excluding tert-OH is 1. The molecule has 0 saturated carbocycles. The number of carbonyl (C=O) groups excluding carboxylic acids is 1. The molecule has 0 heterocycles. The Hall–Kier alpha value is -0.660. The van der Waals surface area contributed by atoms with E-state index < -0.39 is 25.1 Å². The van der Waals surface area contributed by atoms with Gasteiger partial charge in [-0.2, -0.15) is 13.2 Å². The van der Waals surface area contributed by atoms with Gasteiger partial charge >= 0.3 is 6.18 Å². The van der Waals surface area contributed by atoms with E-state index >= 15 is 0 Å². The number of Topliss-reactive ketones (excluding diaryl/α,β-unsaturated/α-hetero) is 1. The predicted molar refractivity (Wildman–Crippen MR) is 46.5 cm³/mol. The molecule has 7 heteroatoms. The molecular weight excluding hydrogens is 215 g/mol. The summed E-state index contributed by atoms with van der Waals surface area (Å²) in [6.07, 6.45) is -4.37. The van der Waals surface area contributed by atoms with Crippen molar-refractivity contribution in [1.29, 1.82) is 0 Å². The number of ether oxygens (including phenoxy) is 1. The molecule has 0 aromatic carbocycles. The van der Waals surface area contributed by atoms with Gasteiger partial charge in [-0.1, -0.05) is 0 Å². The molecule has 90 valence electrons. The second kappa shape index (κ2) is 6.76. The average Bonchev–Trinajstić information content (AvgIpc) is 2.01. The van der Waals surface area contributed by atoms with E-state index in [2.05, 4.69) is 4.74 Å². The van der Waals surface area contributed by atoms with E-state index in [1.54, 1.807) is 0 Å². The molecule has 15 heavy (non-hydrogen) atoms. The summed E-state index contributed by atoms with van der Waals surface area (Å²) >= 11 is 0. The summed E-state index contributed by atoms with van der Waals surface area (Å²) in [5.74, 6) is -0.449. The van der Waals surface area contributed by atoms with Gasteiger partial charge in [0, 0.05) is 13.7 Å². The number of methoxy groups -OCH3 is 1. The first kappa shape index (κ1) is 14.3. The van der Waals surface area contributed by atoms with Crippen molar-refractivity contribution in [1.82, 2.24) is 4.90 Å². The van der Waals surface area contributed by atoms with Crippen LogP contribution in [-0.4, -0.2) is 61.9 Å². The molecule has 0 aromatic rings. The lowest BCUT2D eigenvalue weighted by atomic mass is 10.3. The number of aliphatic hydroxyl groups is 1. The molecule has 1 N–H and O–H groups in total. The van der Waals surface area contributed by atoms with Gasteiger partial charge in [-0.05, 0) is 0 Å². The first-order chi connectivity index (χ1) is 6.89. The number of halogens is 3. The highest BCUT2D eigenvalue weighted by atomic mass is 19.4. The van der Waals surface area contributed by atoms with E-state index in [1.807, 2.05) is 0 Å². The van der Waals surface area contributed by atoms with Crippen LogP contribution in [0.2, 0.25) is 0 Å². The lowest BCUT2D eigenvalue weighted by Crippen LogP contribution is -2.40. The van der Waals surface area contributed by atoms with Gasteiger partial charge in [0.25, 0.3) is 0 Å². The molecule has 0 aromatic heterocycles. The Balaban J connectivity index is 4.09. The maximum absolute atomic E-state index is 12.0. The fourth-order valence-corrected chi connectivity index (χ4v) is 1.07. The van der Waals surface area contributed by atoms with Crippen LogP contribution < -0.4 is 0 Å². The molecule has 0 saturated heterocycles. The Morgan fingerprint density at radius 2 is 2.07 bits per heavy atom. The Kier molecular flexibility index (Phi) is 6.46. The van der Waals surface area contributed by atoms with Crippen LogP contribution in [0.1, 0.15) is 0 Å². The van der Waals surface area contributed by atoms with E-state index in [-0.39, 0.29) is 19.7 Å². The zero-order valence-electron chi connectivity index (χ0n) is 8.38. The maximum atomic E-state index is 12.0. The number of nitrogens with zero attached hydrogens (tertiary/aromatic N) is 1. The number of hydrogen-bond donors (Lipinski definition) is 1. The summed E-state index contributed by atoms with van der Waals surface area (Å²) in [5.41, 5.74) is 0. The normalized spacial score (nSPS) is 12.1. The Morgan fingerprint density at radius 1 is 1.47 bits per heavy atom. The van der Waals surface area contributed by atoms with Crippen LogP contribution in [0, 0.1) is 0 Å². The van der Waals surface area contributed by atoms with E-state index in [0.717, 1.165) is 4.90 Å². The summed E-state index contributed by atoms with van der Waals surface area (Å²) in [4.78, 5) is 11.8. The summed E-state index contributed by atoms with van der Waals surface area (Å²) in [7, 11) is 1.29. The number of alkyl halides is 3. The van der Waals surface area contributed by atoms with Crippen molar-refractivity contribution in [2.24, 2.45) is 0 Å². The second-order valence-corrected chi connectivity index (χ2v) is 3.02. The third-order valence-corrected chi connectivity index (χ3v) is 1.52. The molecule has 0 radical (unpaired) electrons. The van der Waals surface area contributed by atoms with Gasteiger partial charge < -0.3 is 9.84 Å². The van der Waals surface area contributed by atoms with Crippen LogP contribution in [0.3, 0.4) is 0 Å². The van der Waals surface area contributed by atoms with Gasteiger partial charge in [0.2, 0.25) is 0 Å². The summed E-state index contributed by atoms with van der Waals surface area (Å²) in [6, 6.07) is 0. The standard InChI is InChI=1S/C8H14F3NO3/c1-15-5-7(14)4-12(2-3-13)6-8(9,10)11/h13H,2-6H2,1H3. The Morgan fingerprint density at radius 3 is 2.47 bits per heavy atom. The molecule has 0 bridgehead atoms. The van der Waals surface area contributed by atoms with Crippen molar-refractivity contribution >= 4 is 5.78 Å². The van der Waals surface area contributed by atoms with Crippen LogP contribution in [-0.2, 0) is 9.53 Å². The molecule has 0 aliphatic rings. The van der Waals surface area contributed by atoms with Crippen molar-refractivity contribution in [2.75, 3.05) is 40.0 Å². The second-order valence-electron chi connectivity index (χ2n) is 3.02. The summed E-state index contributed by atoms with van der Waals surface area (Å²) in [5, 5.41) is 8.52. The highest BCUT2D eigenvalue weighted by molar-refractivity contribution is 5.81. The highest BCUT2D eigenvalue weighted by Gasteiger charge is 2.31. The van der Waals surface area contributed by atoms with Crippen molar-refractivity contribution in [3.63, 3.8) is 0 Å². The first-order valence-corrected chi connectivity index (χ1v) is 4.29. The van der Waals surface area contributed by atoms with Gasteiger partial charge in [0.05, 0.1) is 19.7 Å². The van der Waals surface area contributed by atoms with E-state index in [9.17, 15) is 18.0 Å². The van der Waals surface area contributed by atoms with Gasteiger partial charge in [-0.25, -0.2) is 0 Å². The van der Waals surface area contributed by atoms with Crippen molar-refractivity contribution < 1.29 is 27.8 Å². The molecule has 4 nitrogen and oxygen atoms in total. The van der Waals surface area contributed by atoms with E-state index in [1.165, 1.54) is 7.11 Å². The topological polar surface area (TPSA) is 49.8 Å². The summed E-state index contributed by atoms with van der Waals surface area (Å²) < 4.78 is 40.5. The molecular formula is C8H14F3NO3. The monoisotopic (exact) mass is 229 g/mol. The van der Waals surface area contributed by atoms with Crippen LogP contribution in [0.25, 0.3) is 0 Å². The van der Waals surface area contributed by atoms with Gasteiger partial charge in [0.1, 0.15) is 6.61 Å². The molecule has 0 rings (SSSR count). The first-order valence-electron chi connectivity index (χ1n) is 4.29. The zero-order chi connectivity index (χ0) is 11.9. The zero-order valence-corrected chi connectivity index (χ0v) is 8.38. The lowest BCUT2D eigenvalue weighted by molar-refractivity contribution is -0.149. The number of carbonyl (C=O) groups is 1. The summed E-state index contributed by atoms with van der Waals surface area (Å²) in [6.45, 7) is -2.40. The molecule has 0 fully saturated rings. The van der Waals surface area contributed by atoms with Gasteiger partial charge in [0.15, 0.2) is 5.78 Å². The van der Waals surface area contributed by atoms with Crippen molar-refractivity contribution in [3.8, 4) is 0 Å². The van der Waals surface area contributed by atoms with E-state index in [0.29, 0.717) is 0 Å². The third kappa shape index (κ3) is 8.34. The van der Waals surface area contributed by atoms with Crippen molar-refractivity contribution in [3.05, 3.63) is 0 Å². The number of hydrogen-bond acceptors (Lipinski definition) is 4. The highest BCUT2D eigenvalue weighted by Crippen LogP contribution is 2.15. The number of ketones is 1. The fourth-order valence-electron chi connectivity index (χ4n) is 1.07. The van der Waals surface area contributed by atoms with E-state index in [4.69, 9.17) is 5.11 Å². The average molecular weight is 229 g/mol. The smallest absolute Gasteiger partial charge is 0.395 e. The SMILES string of the molecule is COCC(=O)CN(CCO)CC(F)(F)F. The van der Waals surface area contributed by atoms with Crippen LogP contribution >= 0.6 is 0 Å². The van der Waals surface area contributed by atoms with Crippen LogP contribution in [0.5, 0.6) is 0 Å². The number of rotatable bonds is 7. The quantitative estimate of drug-likeness (QED) is 0.670. The molecule has 0 spiro atoms. The maximum Gasteiger partial charge on any atom is 0.401 e. The minimum atomic E-state index is -4.37. The fraction of sp³-hybridized carbons (Fsp3) is 0.875. The minimum Gasteiger partial charge on any atom is -0.395 e. The molecule has 0 atom stereocenters. The lowest BCUT2D eigenvalue weighted by Gasteiger charge is -2.21. The van der Waals surface area contributed by atoms with Crippen molar-refractivity contribution in [2.45, 2.75) is 6.18 Å². The Bertz CT molecular complexity index is 196. The third-order valence-electron chi connectivity index (χ3n) is 1.52. The predicted octanol–water partition coefficient (Wildman–Crippen LogP) is 0.0585. The molecule has 0 aliphatic heterocycles. The van der Waals surface area contributed by atoms with Gasteiger partial charge in [-0.15, -0.1) is 0 Å². The molecule has 0 amide bonds. The molecule has 0 unspecified atom stereocenters. The minimum absolute atomic E-state index is 0.186. The largest absolute Gasteiger partial charge is 0.401 e. The van der Waals surface area contributed by atoms with Gasteiger partial charge in [-0.3, -0.25) is 9.69 Å². The Labute approximate surface area is 85.6 Å². The molecule has 0 aliphatic carbocycles. The van der Waals surface area contributed by atoms with Crippen LogP contribution in [0.15, 0.2) is 0 Å². The van der Waals surface area contributed by atoms with Crippen LogP contribution in [0.4, 0.5) is 13.2 Å².